The molecule has 0 unspecified atom stereocenters. The molecule has 0 saturated carbocycles. The minimum atomic E-state index is -0.348. The molecule has 7 nitrogen and oxygen atoms in total. The van der Waals surface area contributed by atoms with Crippen molar-refractivity contribution in [2.24, 2.45) is 0 Å². The molecule has 0 fully saturated rings. The zero-order chi connectivity index (χ0) is 21.1. The molecule has 0 spiro atoms. The molecule has 30 heavy (non-hydrogen) atoms. The Kier molecular flexibility index (Phi) is 6.03. The molecule has 8 heteroatoms. The minimum absolute atomic E-state index is 0.0209. The van der Waals surface area contributed by atoms with E-state index in [4.69, 9.17) is 4.74 Å². The second-order valence-electron chi connectivity index (χ2n) is 7.46. The predicted octanol–water partition coefficient (Wildman–Crippen LogP) is 3.65. The number of nitrogens with zero attached hydrogens (tertiary/aromatic N) is 4. The van der Waals surface area contributed by atoms with Crippen molar-refractivity contribution in [3.63, 3.8) is 0 Å². The van der Waals surface area contributed by atoms with E-state index >= 15 is 0 Å². The van der Waals surface area contributed by atoms with Gasteiger partial charge in [0.15, 0.2) is 0 Å². The van der Waals surface area contributed by atoms with Gasteiger partial charge in [-0.15, -0.1) is 5.10 Å². The largest absolute Gasteiger partial charge is 0.494 e. The number of rotatable bonds is 6. The third-order valence-corrected chi connectivity index (χ3v) is 6.37. The average Bonchev–Trinajstić information content (AvgIpc) is 3.21. The Labute approximate surface area is 180 Å². The molecule has 0 aliphatic heterocycles. The fraction of sp³-hybridized carbons (Fsp3) is 0.364. The van der Waals surface area contributed by atoms with Gasteiger partial charge < -0.3 is 10.1 Å². The summed E-state index contributed by atoms with van der Waals surface area (Å²) < 4.78 is 7.08. The van der Waals surface area contributed by atoms with E-state index in [1.807, 2.05) is 38.1 Å². The molecule has 1 aromatic heterocycles. The van der Waals surface area contributed by atoms with Gasteiger partial charge in [0.2, 0.25) is 11.1 Å². The smallest absolute Gasteiger partial charge is 0.233 e. The summed E-state index contributed by atoms with van der Waals surface area (Å²) in [4.78, 5) is 12.9. The van der Waals surface area contributed by atoms with E-state index in [-0.39, 0.29) is 17.2 Å². The summed E-state index contributed by atoms with van der Waals surface area (Å²) in [7, 11) is 1.61. The van der Waals surface area contributed by atoms with E-state index in [9.17, 15) is 4.79 Å². The summed E-state index contributed by atoms with van der Waals surface area (Å²) in [6, 6.07) is 14.2. The topological polar surface area (TPSA) is 81.9 Å². The van der Waals surface area contributed by atoms with Crippen LogP contribution in [0.25, 0.3) is 5.69 Å². The number of hydrogen-bond donors (Lipinski definition) is 1. The quantitative estimate of drug-likeness (QED) is 0.610. The van der Waals surface area contributed by atoms with Crippen molar-refractivity contribution in [1.82, 2.24) is 25.5 Å². The summed E-state index contributed by atoms with van der Waals surface area (Å²) in [6.07, 6.45) is 3.10. The molecule has 156 valence electrons. The number of hydrogen-bond acceptors (Lipinski definition) is 6. The first-order valence-corrected chi connectivity index (χ1v) is 10.9. The summed E-state index contributed by atoms with van der Waals surface area (Å²) in [5, 5.41) is 15.5. The molecule has 2 aromatic carbocycles. The van der Waals surface area contributed by atoms with Crippen molar-refractivity contribution < 1.29 is 9.53 Å². The first-order chi connectivity index (χ1) is 14.6. The lowest BCUT2D eigenvalue weighted by atomic mass is 9.88. The number of fused-ring (bicyclic) bond motifs is 1. The second kappa shape index (κ2) is 8.87. The Bertz CT molecular complexity index is 1050. The van der Waals surface area contributed by atoms with Crippen LogP contribution in [0.2, 0.25) is 0 Å². The van der Waals surface area contributed by atoms with Crippen LogP contribution in [-0.2, 0) is 11.2 Å². The zero-order valence-corrected chi connectivity index (χ0v) is 18.1. The molecule has 3 aromatic rings. The molecular formula is C22H25N5O2S. The van der Waals surface area contributed by atoms with Crippen molar-refractivity contribution >= 4 is 17.7 Å². The fourth-order valence-corrected chi connectivity index (χ4v) is 4.58. The van der Waals surface area contributed by atoms with Crippen molar-refractivity contribution in [1.29, 1.82) is 0 Å². The molecule has 0 radical (unpaired) electrons. The lowest BCUT2D eigenvalue weighted by Gasteiger charge is -2.27. The molecule has 4 rings (SSSR count). The summed E-state index contributed by atoms with van der Waals surface area (Å²) >= 11 is 1.33. The van der Waals surface area contributed by atoms with Gasteiger partial charge in [-0.25, -0.2) is 0 Å². The molecule has 1 amide bonds. The number of aryl methyl sites for hydroxylation is 2. The van der Waals surface area contributed by atoms with Gasteiger partial charge in [-0.1, -0.05) is 42.1 Å². The third-order valence-electron chi connectivity index (χ3n) is 5.34. The van der Waals surface area contributed by atoms with Gasteiger partial charge in [-0.3, -0.25) is 4.79 Å². The molecular weight excluding hydrogens is 398 g/mol. The van der Waals surface area contributed by atoms with Gasteiger partial charge in [0, 0.05) is 0 Å². The number of benzene rings is 2. The van der Waals surface area contributed by atoms with Crippen LogP contribution in [0.5, 0.6) is 5.75 Å². The molecule has 0 saturated heterocycles. The standard InChI is InChI=1S/C22H25N5O2S/c1-14-11-12-20(29-3)19(13-14)27-22(24-25-26-27)30-15(2)21(28)23-18-10-6-8-16-7-4-5-9-17(16)18/h4-5,7,9,11-13,15,18H,6,8,10H2,1-3H3,(H,23,28)/t15-,18+/m0/s1. The number of carbonyl (C=O) groups excluding carboxylic acids is 1. The zero-order valence-electron chi connectivity index (χ0n) is 17.3. The normalized spacial score (nSPS) is 16.6. The first-order valence-electron chi connectivity index (χ1n) is 10.0. The van der Waals surface area contributed by atoms with E-state index in [0.717, 1.165) is 30.5 Å². The Hall–Kier alpha value is -2.87. The number of ether oxygens (including phenoxy) is 1. The Morgan fingerprint density at radius 2 is 2.13 bits per heavy atom. The molecule has 1 aliphatic rings. The molecule has 1 heterocycles. The van der Waals surface area contributed by atoms with E-state index in [0.29, 0.717) is 10.9 Å². The molecule has 2 atom stereocenters. The highest BCUT2D eigenvalue weighted by molar-refractivity contribution is 8.00. The summed E-state index contributed by atoms with van der Waals surface area (Å²) in [6.45, 7) is 3.87. The van der Waals surface area contributed by atoms with Crippen LogP contribution in [-0.4, -0.2) is 38.5 Å². The van der Waals surface area contributed by atoms with Crippen molar-refractivity contribution in [3.8, 4) is 11.4 Å². The third kappa shape index (κ3) is 4.18. The Balaban J connectivity index is 1.50. The number of aromatic nitrogens is 4. The molecule has 0 bridgehead atoms. The van der Waals surface area contributed by atoms with E-state index < -0.39 is 0 Å². The number of methoxy groups -OCH3 is 1. The highest BCUT2D eigenvalue weighted by Crippen LogP contribution is 2.31. The van der Waals surface area contributed by atoms with Crippen molar-refractivity contribution in [2.45, 2.75) is 49.6 Å². The van der Waals surface area contributed by atoms with Crippen LogP contribution in [0.15, 0.2) is 47.6 Å². The maximum Gasteiger partial charge on any atom is 0.233 e. The van der Waals surface area contributed by atoms with Crippen molar-refractivity contribution in [2.75, 3.05) is 7.11 Å². The van der Waals surface area contributed by atoms with Crippen LogP contribution >= 0.6 is 11.8 Å². The van der Waals surface area contributed by atoms with Gasteiger partial charge >= 0.3 is 0 Å². The lowest BCUT2D eigenvalue weighted by Crippen LogP contribution is -2.36. The monoisotopic (exact) mass is 423 g/mol. The van der Waals surface area contributed by atoms with Gasteiger partial charge in [0.05, 0.1) is 18.4 Å². The van der Waals surface area contributed by atoms with Crippen molar-refractivity contribution in [3.05, 3.63) is 59.2 Å². The van der Waals surface area contributed by atoms with Crippen LogP contribution in [0.1, 0.15) is 42.5 Å². The lowest BCUT2D eigenvalue weighted by molar-refractivity contribution is -0.121. The molecule has 1 N–H and O–H groups in total. The Morgan fingerprint density at radius 1 is 1.30 bits per heavy atom. The average molecular weight is 424 g/mol. The van der Waals surface area contributed by atoms with E-state index in [1.54, 1.807) is 11.8 Å². The Morgan fingerprint density at radius 3 is 2.97 bits per heavy atom. The summed E-state index contributed by atoms with van der Waals surface area (Å²) in [5.41, 5.74) is 4.37. The minimum Gasteiger partial charge on any atom is -0.494 e. The SMILES string of the molecule is COc1ccc(C)cc1-n1nnnc1S[C@@H](C)C(=O)N[C@@H]1CCCc2ccccc21. The summed E-state index contributed by atoms with van der Waals surface area (Å²) in [5.74, 6) is 0.651. The van der Waals surface area contributed by atoms with Gasteiger partial charge in [0.1, 0.15) is 11.4 Å². The van der Waals surface area contributed by atoms with Crippen LogP contribution in [0, 0.1) is 6.92 Å². The number of thioether (sulfide) groups is 1. The highest BCUT2D eigenvalue weighted by Gasteiger charge is 2.25. The predicted molar refractivity (Wildman–Crippen MR) is 116 cm³/mol. The van der Waals surface area contributed by atoms with Crippen LogP contribution < -0.4 is 10.1 Å². The van der Waals surface area contributed by atoms with Crippen LogP contribution in [0.4, 0.5) is 0 Å². The number of amides is 1. The van der Waals surface area contributed by atoms with Gasteiger partial charge in [-0.2, -0.15) is 4.68 Å². The van der Waals surface area contributed by atoms with Gasteiger partial charge in [-0.05, 0) is 72.4 Å². The van der Waals surface area contributed by atoms with E-state index in [2.05, 4.69) is 39.0 Å². The maximum absolute atomic E-state index is 12.9. The molecule has 1 aliphatic carbocycles. The number of tetrazole rings is 1. The van der Waals surface area contributed by atoms with E-state index in [1.165, 1.54) is 22.9 Å². The number of nitrogens with one attached hydrogen (secondary N) is 1. The second-order valence-corrected chi connectivity index (χ2v) is 8.77. The highest BCUT2D eigenvalue weighted by atomic mass is 32.2. The van der Waals surface area contributed by atoms with Crippen LogP contribution in [0.3, 0.4) is 0 Å². The fourth-order valence-electron chi connectivity index (χ4n) is 3.77. The first kappa shape index (κ1) is 20.4. The van der Waals surface area contributed by atoms with Gasteiger partial charge in [0.25, 0.3) is 0 Å². The number of carbonyl (C=O) groups is 1. The maximum atomic E-state index is 12.9.